The molecule has 2 aromatic heterocycles. The van der Waals surface area contributed by atoms with Gasteiger partial charge in [0, 0.05) is 22.0 Å². The Hall–Kier alpha value is -1.98. The number of aromatic nitrogens is 2. The van der Waals surface area contributed by atoms with Crippen LogP contribution in [0.2, 0.25) is 0 Å². The molecule has 3 rings (SSSR count). The second-order valence-electron chi connectivity index (χ2n) is 4.70. The number of aliphatic hydroxyl groups excluding tert-OH is 1. The molecule has 2 heterocycles. The molecular weight excluding hydrogens is 270 g/mol. The number of pyridine rings is 1. The molecule has 0 radical (unpaired) electrons. The third-order valence-corrected chi connectivity index (χ3v) is 3.97. The van der Waals surface area contributed by atoms with Crippen molar-refractivity contribution in [2.75, 3.05) is 5.32 Å². The van der Waals surface area contributed by atoms with Gasteiger partial charge in [-0.3, -0.25) is 0 Å². The summed E-state index contributed by atoms with van der Waals surface area (Å²) in [5.41, 5.74) is 2.83. The normalized spacial score (nSPS) is 10.9. The Morgan fingerprint density at radius 1 is 1.30 bits per heavy atom. The van der Waals surface area contributed by atoms with Crippen molar-refractivity contribution in [2.24, 2.45) is 0 Å². The first-order valence-corrected chi connectivity index (χ1v) is 7.18. The minimum atomic E-state index is -0.0520. The minimum absolute atomic E-state index is 0.0520. The molecule has 0 amide bonds. The van der Waals surface area contributed by atoms with E-state index in [1.54, 1.807) is 11.3 Å². The van der Waals surface area contributed by atoms with Crippen LogP contribution in [0.4, 0.5) is 10.9 Å². The monoisotopic (exact) mass is 285 g/mol. The maximum atomic E-state index is 9.53. The molecule has 0 aliphatic carbocycles. The lowest BCUT2D eigenvalue weighted by Crippen LogP contribution is -2.00. The predicted octanol–water partition coefficient (Wildman–Crippen LogP) is 3.54. The molecule has 0 atom stereocenters. The van der Waals surface area contributed by atoms with Crippen molar-refractivity contribution in [1.82, 2.24) is 9.97 Å². The molecular formula is C15H15N3OS. The summed E-state index contributed by atoms with van der Waals surface area (Å²) >= 11 is 1.57. The number of nitrogens with one attached hydrogen (secondary N) is 1. The zero-order chi connectivity index (χ0) is 14.1. The van der Waals surface area contributed by atoms with Crippen LogP contribution in [0.25, 0.3) is 10.9 Å². The Balaban J connectivity index is 2.10. The fourth-order valence-corrected chi connectivity index (χ4v) is 2.80. The molecule has 20 heavy (non-hydrogen) atoms. The second kappa shape index (κ2) is 5.19. The Labute approximate surface area is 121 Å². The van der Waals surface area contributed by atoms with Crippen LogP contribution in [0.5, 0.6) is 0 Å². The second-order valence-corrected chi connectivity index (χ2v) is 5.94. The SMILES string of the molecule is Cc1cnc(Nc2nc3c(C)cccc3cc2CO)s1. The van der Waals surface area contributed by atoms with Crippen molar-refractivity contribution in [3.05, 3.63) is 46.5 Å². The van der Waals surface area contributed by atoms with E-state index in [0.717, 1.165) is 32.0 Å². The summed E-state index contributed by atoms with van der Waals surface area (Å²) in [4.78, 5) is 10.1. The largest absolute Gasteiger partial charge is 0.392 e. The number of fused-ring (bicyclic) bond motifs is 1. The number of thiazole rings is 1. The molecule has 5 heteroatoms. The quantitative estimate of drug-likeness (QED) is 0.772. The summed E-state index contributed by atoms with van der Waals surface area (Å²) in [6, 6.07) is 8.01. The standard InChI is InChI=1S/C15H15N3OS/c1-9-4-3-5-11-6-12(8-19)14(17-13(9)11)18-15-16-7-10(2)20-15/h3-7,19H,8H2,1-2H3,(H,16,17,18). The van der Waals surface area contributed by atoms with E-state index >= 15 is 0 Å². The molecule has 1 aromatic carbocycles. The van der Waals surface area contributed by atoms with E-state index in [1.807, 2.05) is 44.3 Å². The number of aliphatic hydroxyl groups is 1. The zero-order valence-electron chi connectivity index (χ0n) is 11.3. The highest BCUT2D eigenvalue weighted by atomic mass is 32.1. The van der Waals surface area contributed by atoms with Crippen molar-refractivity contribution in [2.45, 2.75) is 20.5 Å². The third-order valence-electron chi connectivity index (χ3n) is 3.14. The number of aryl methyl sites for hydroxylation is 2. The molecule has 0 unspecified atom stereocenters. The van der Waals surface area contributed by atoms with Crippen LogP contribution in [0.1, 0.15) is 16.0 Å². The van der Waals surface area contributed by atoms with Gasteiger partial charge in [-0.05, 0) is 25.5 Å². The molecule has 3 aromatic rings. The van der Waals surface area contributed by atoms with E-state index in [1.165, 1.54) is 0 Å². The van der Waals surface area contributed by atoms with Gasteiger partial charge < -0.3 is 10.4 Å². The van der Waals surface area contributed by atoms with Gasteiger partial charge in [-0.15, -0.1) is 11.3 Å². The average molecular weight is 285 g/mol. The number of nitrogens with zero attached hydrogens (tertiary/aromatic N) is 2. The molecule has 2 N–H and O–H groups in total. The van der Waals surface area contributed by atoms with E-state index in [0.29, 0.717) is 5.82 Å². The number of hydrogen-bond donors (Lipinski definition) is 2. The van der Waals surface area contributed by atoms with Crippen LogP contribution in [0.3, 0.4) is 0 Å². The van der Waals surface area contributed by atoms with Crippen molar-refractivity contribution >= 4 is 33.2 Å². The van der Waals surface area contributed by atoms with Gasteiger partial charge in [-0.1, -0.05) is 18.2 Å². The summed E-state index contributed by atoms with van der Waals surface area (Å²) in [5, 5.41) is 14.6. The summed E-state index contributed by atoms with van der Waals surface area (Å²) in [5.74, 6) is 0.670. The van der Waals surface area contributed by atoms with Crippen molar-refractivity contribution in [1.29, 1.82) is 0 Å². The summed E-state index contributed by atoms with van der Waals surface area (Å²) in [6.45, 7) is 3.99. The van der Waals surface area contributed by atoms with Crippen LogP contribution >= 0.6 is 11.3 Å². The molecule has 0 spiro atoms. The topological polar surface area (TPSA) is 58.0 Å². The molecule has 0 aliphatic rings. The van der Waals surface area contributed by atoms with Gasteiger partial charge in [-0.25, -0.2) is 9.97 Å². The molecule has 102 valence electrons. The molecule has 4 nitrogen and oxygen atoms in total. The average Bonchev–Trinajstić information content (AvgIpc) is 2.84. The molecule has 0 aliphatic heterocycles. The van der Waals surface area contributed by atoms with Crippen LogP contribution in [0, 0.1) is 13.8 Å². The zero-order valence-corrected chi connectivity index (χ0v) is 12.2. The maximum Gasteiger partial charge on any atom is 0.188 e. The first-order chi connectivity index (χ1) is 9.67. The van der Waals surface area contributed by atoms with Gasteiger partial charge in [0.25, 0.3) is 0 Å². The minimum Gasteiger partial charge on any atom is -0.392 e. The molecule has 0 bridgehead atoms. The van der Waals surface area contributed by atoms with Gasteiger partial charge >= 0.3 is 0 Å². The lowest BCUT2D eigenvalue weighted by molar-refractivity contribution is 0.282. The Bertz CT molecular complexity index is 767. The summed E-state index contributed by atoms with van der Waals surface area (Å²) < 4.78 is 0. The Kier molecular flexibility index (Phi) is 3.38. The van der Waals surface area contributed by atoms with Gasteiger partial charge in [0.2, 0.25) is 0 Å². The Morgan fingerprint density at radius 2 is 2.15 bits per heavy atom. The van der Waals surface area contributed by atoms with Crippen LogP contribution < -0.4 is 5.32 Å². The number of anilines is 2. The fourth-order valence-electron chi connectivity index (χ4n) is 2.13. The lowest BCUT2D eigenvalue weighted by Gasteiger charge is -2.10. The summed E-state index contributed by atoms with van der Waals surface area (Å²) in [7, 11) is 0. The van der Waals surface area contributed by atoms with E-state index in [4.69, 9.17) is 0 Å². The Morgan fingerprint density at radius 3 is 2.85 bits per heavy atom. The first-order valence-electron chi connectivity index (χ1n) is 6.37. The van der Waals surface area contributed by atoms with Gasteiger partial charge in [0.1, 0.15) is 5.82 Å². The van der Waals surface area contributed by atoms with Crippen molar-refractivity contribution in [3.63, 3.8) is 0 Å². The summed E-state index contributed by atoms with van der Waals surface area (Å²) in [6.07, 6.45) is 1.82. The molecule has 0 saturated carbocycles. The van der Waals surface area contributed by atoms with Crippen molar-refractivity contribution in [3.8, 4) is 0 Å². The third kappa shape index (κ3) is 2.37. The van der Waals surface area contributed by atoms with Crippen molar-refractivity contribution < 1.29 is 5.11 Å². The number of rotatable bonds is 3. The number of benzene rings is 1. The van der Waals surface area contributed by atoms with E-state index in [2.05, 4.69) is 15.3 Å². The van der Waals surface area contributed by atoms with Gasteiger partial charge in [0.15, 0.2) is 5.13 Å². The first kappa shape index (κ1) is 13.0. The van der Waals surface area contributed by atoms with Gasteiger partial charge in [-0.2, -0.15) is 0 Å². The highest BCUT2D eigenvalue weighted by Gasteiger charge is 2.09. The predicted molar refractivity (Wildman–Crippen MR) is 82.5 cm³/mol. The molecule has 0 saturated heterocycles. The van der Waals surface area contributed by atoms with Crippen LogP contribution in [-0.2, 0) is 6.61 Å². The van der Waals surface area contributed by atoms with Crippen LogP contribution in [-0.4, -0.2) is 15.1 Å². The van der Waals surface area contributed by atoms with E-state index in [9.17, 15) is 5.11 Å². The lowest BCUT2D eigenvalue weighted by atomic mass is 10.1. The maximum absolute atomic E-state index is 9.53. The smallest absolute Gasteiger partial charge is 0.188 e. The molecule has 0 fully saturated rings. The van der Waals surface area contributed by atoms with E-state index < -0.39 is 0 Å². The number of hydrogen-bond acceptors (Lipinski definition) is 5. The van der Waals surface area contributed by atoms with Gasteiger partial charge in [0.05, 0.1) is 12.1 Å². The fraction of sp³-hybridized carbons (Fsp3) is 0.200. The van der Waals surface area contributed by atoms with Crippen LogP contribution in [0.15, 0.2) is 30.5 Å². The highest BCUT2D eigenvalue weighted by Crippen LogP contribution is 2.27. The highest BCUT2D eigenvalue weighted by molar-refractivity contribution is 7.15. The van der Waals surface area contributed by atoms with E-state index in [-0.39, 0.29) is 6.61 Å². The number of para-hydroxylation sites is 1.